The molecule has 0 aromatic rings. The molecule has 0 saturated carbocycles. The molecule has 0 radical (unpaired) electrons. The van der Waals surface area contributed by atoms with Gasteiger partial charge < -0.3 is 19.0 Å². The van der Waals surface area contributed by atoms with Crippen molar-refractivity contribution in [1.82, 2.24) is 9.80 Å². The van der Waals surface area contributed by atoms with E-state index >= 15 is 0 Å². The number of aldehydes is 1. The van der Waals surface area contributed by atoms with E-state index in [1.807, 2.05) is 0 Å². The molecule has 8 nitrogen and oxygen atoms in total. The summed E-state index contributed by atoms with van der Waals surface area (Å²) in [6, 6.07) is -1.27. The van der Waals surface area contributed by atoms with Crippen molar-refractivity contribution < 1.29 is 28.5 Å². The molecule has 1 N–H and O–H groups in total. The Bertz CT molecular complexity index is 491. The highest BCUT2D eigenvalue weighted by molar-refractivity contribution is 7.93. The Hall–Kier alpha value is -1.71. The highest BCUT2D eigenvalue weighted by Gasteiger charge is 2.46. The average Bonchev–Trinajstić information content (AvgIpc) is 2.97. The third-order valence-corrected chi connectivity index (χ3v) is 3.91. The molecule has 2 aliphatic heterocycles. The lowest BCUT2D eigenvalue weighted by molar-refractivity contribution is -0.146. The van der Waals surface area contributed by atoms with Gasteiger partial charge >= 0.3 is 0 Å². The van der Waals surface area contributed by atoms with Crippen molar-refractivity contribution in [3.63, 3.8) is 0 Å². The third kappa shape index (κ3) is 3.37. The van der Waals surface area contributed by atoms with Crippen LogP contribution in [0.5, 0.6) is 0 Å². The molecule has 0 aliphatic carbocycles. The van der Waals surface area contributed by atoms with E-state index in [0.717, 1.165) is 17.1 Å². The summed E-state index contributed by atoms with van der Waals surface area (Å²) < 4.78 is 14.0. The maximum absolute atomic E-state index is 12.4. The molecular weight excluding hydrogens is 312 g/mol. The standard InChI is InChI=1S/C13H16N2O6S/c16-4-3-14-9(8-21-5-6-22-20)7-10(13(14)19)15-11(17)1-2-12(15)18/h1-2,4,9-10,20H,3,5-8H2. The molecule has 2 aliphatic rings. The van der Waals surface area contributed by atoms with Gasteiger partial charge in [0.25, 0.3) is 11.8 Å². The first kappa shape index (κ1) is 16.7. The van der Waals surface area contributed by atoms with Crippen LogP contribution in [0.2, 0.25) is 0 Å². The minimum atomic E-state index is -0.893. The fourth-order valence-corrected chi connectivity index (χ4v) is 2.78. The second-order valence-electron chi connectivity index (χ2n) is 4.85. The van der Waals surface area contributed by atoms with Gasteiger partial charge in [0.05, 0.1) is 25.8 Å². The van der Waals surface area contributed by atoms with E-state index in [1.54, 1.807) is 0 Å². The third-order valence-electron chi connectivity index (χ3n) is 3.56. The number of amides is 3. The summed E-state index contributed by atoms with van der Waals surface area (Å²) in [4.78, 5) is 48.8. The molecule has 2 unspecified atom stereocenters. The molecule has 9 heteroatoms. The van der Waals surface area contributed by atoms with Crippen molar-refractivity contribution in [2.45, 2.75) is 18.5 Å². The van der Waals surface area contributed by atoms with Crippen LogP contribution in [0, 0.1) is 0 Å². The smallest absolute Gasteiger partial charge is 0.254 e. The van der Waals surface area contributed by atoms with Gasteiger partial charge in [-0.05, 0) is 12.0 Å². The lowest BCUT2D eigenvalue weighted by Gasteiger charge is -2.22. The SMILES string of the molecule is O=CCN1C(=O)C(N2C(=O)C=CC2=O)CC1COCCSO. The Kier molecular flexibility index (Phi) is 5.69. The van der Waals surface area contributed by atoms with Crippen LogP contribution in [0.3, 0.4) is 0 Å². The molecule has 22 heavy (non-hydrogen) atoms. The van der Waals surface area contributed by atoms with E-state index in [4.69, 9.17) is 9.29 Å². The van der Waals surface area contributed by atoms with Gasteiger partial charge in [-0.1, -0.05) is 0 Å². The lowest BCUT2D eigenvalue weighted by Crippen LogP contribution is -2.45. The van der Waals surface area contributed by atoms with Gasteiger partial charge in [-0.25, -0.2) is 0 Å². The first-order chi connectivity index (χ1) is 10.6. The number of hydrogen-bond acceptors (Lipinski definition) is 7. The number of imide groups is 1. The predicted molar refractivity (Wildman–Crippen MR) is 76.9 cm³/mol. The van der Waals surface area contributed by atoms with E-state index < -0.39 is 23.8 Å². The van der Waals surface area contributed by atoms with E-state index in [9.17, 15) is 19.2 Å². The maximum Gasteiger partial charge on any atom is 0.254 e. The molecule has 3 amide bonds. The zero-order chi connectivity index (χ0) is 16.1. The average molecular weight is 328 g/mol. The Balaban J connectivity index is 2.04. The van der Waals surface area contributed by atoms with Gasteiger partial charge in [-0.3, -0.25) is 19.3 Å². The van der Waals surface area contributed by atoms with Crippen molar-refractivity contribution in [2.75, 3.05) is 25.5 Å². The number of carbonyl (C=O) groups is 4. The van der Waals surface area contributed by atoms with Crippen LogP contribution in [0.25, 0.3) is 0 Å². The Morgan fingerprint density at radius 2 is 2.00 bits per heavy atom. The number of hydrogen-bond donors (Lipinski definition) is 1. The Morgan fingerprint density at radius 1 is 1.32 bits per heavy atom. The van der Waals surface area contributed by atoms with Crippen molar-refractivity contribution in [2.24, 2.45) is 0 Å². The molecule has 0 aromatic carbocycles. The molecule has 1 fully saturated rings. The normalized spacial score (nSPS) is 24.7. The van der Waals surface area contributed by atoms with Crippen LogP contribution >= 0.6 is 12.0 Å². The van der Waals surface area contributed by atoms with E-state index in [1.165, 1.54) is 4.90 Å². The second-order valence-corrected chi connectivity index (χ2v) is 5.52. The summed E-state index contributed by atoms with van der Waals surface area (Å²) in [5.74, 6) is -1.08. The molecule has 120 valence electrons. The van der Waals surface area contributed by atoms with Crippen LogP contribution in [-0.2, 0) is 23.9 Å². The zero-order valence-corrected chi connectivity index (χ0v) is 12.5. The topological polar surface area (TPSA) is 104 Å². The quantitative estimate of drug-likeness (QED) is 0.272. The van der Waals surface area contributed by atoms with Crippen LogP contribution in [0.1, 0.15) is 6.42 Å². The number of likely N-dealkylation sites (tertiary alicyclic amines) is 1. The Labute approximate surface area is 131 Å². The molecule has 1 saturated heterocycles. The molecule has 2 heterocycles. The number of nitrogens with zero attached hydrogens (tertiary/aromatic N) is 2. The molecule has 0 spiro atoms. The Morgan fingerprint density at radius 3 is 2.59 bits per heavy atom. The number of ether oxygens (including phenoxy) is 1. The second kappa shape index (κ2) is 7.52. The first-order valence-corrected chi connectivity index (χ1v) is 7.67. The summed E-state index contributed by atoms with van der Waals surface area (Å²) in [6.45, 7) is 0.372. The minimum Gasteiger partial charge on any atom is -0.378 e. The summed E-state index contributed by atoms with van der Waals surface area (Å²) in [5, 5.41) is 0. The van der Waals surface area contributed by atoms with Crippen molar-refractivity contribution in [3.05, 3.63) is 12.2 Å². The van der Waals surface area contributed by atoms with Crippen LogP contribution in [-0.4, -0.2) is 76.0 Å². The minimum absolute atomic E-state index is 0.109. The molecular formula is C13H16N2O6S. The monoisotopic (exact) mass is 328 g/mol. The molecule has 2 rings (SSSR count). The zero-order valence-electron chi connectivity index (χ0n) is 11.7. The van der Waals surface area contributed by atoms with Crippen LogP contribution in [0.15, 0.2) is 12.2 Å². The van der Waals surface area contributed by atoms with Crippen LogP contribution < -0.4 is 0 Å². The molecule has 0 aromatic heterocycles. The summed E-state index contributed by atoms with van der Waals surface area (Å²) in [6.07, 6.45) is 3.09. The highest BCUT2D eigenvalue weighted by Crippen LogP contribution is 2.26. The van der Waals surface area contributed by atoms with Gasteiger partial charge in [-0.15, -0.1) is 0 Å². The summed E-state index contributed by atoms with van der Waals surface area (Å²) in [5.41, 5.74) is 0. The molecule has 0 bridgehead atoms. The van der Waals surface area contributed by atoms with Crippen LogP contribution in [0.4, 0.5) is 0 Å². The van der Waals surface area contributed by atoms with Crippen molar-refractivity contribution in [1.29, 1.82) is 0 Å². The van der Waals surface area contributed by atoms with E-state index in [-0.39, 0.29) is 25.6 Å². The predicted octanol–water partition coefficient (Wildman–Crippen LogP) is -0.697. The van der Waals surface area contributed by atoms with Gasteiger partial charge in [0.2, 0.25) is 5.91 Å². The van der Waals surface area contributed by atoms with Gasteiger partial charge in [0, 0.05) is 24.3 Å². The summed E-state index contributed by atoms with van der Waals surface area (Å²) >= 11 is 0.650. The largest absolute Gasteiger partial charge is 0.378 e. The first-order valence-electron chi connectivity index (χ1n) is 6.73. The van der Waals surface area contributed by atoms with Gasteiger partial charge in [0.1, 0.15) is 12.3 Å². The fraction of sp³-hybridized carbons (Fsp3) is 0.538. The highest BCUT2D eigenvalue weighted by atomic mass is 32.2. The van der Waals surface area contributed by atoms with Gasteiger partial charge in [-0.2, -0.15) is 0 Å². The molecule has 2 atom stereocenters. The van der Waals surface area contributed by atoms with Crippen molar-refractivity contribution in [3.8, 4) is 0 Å². The van der Waals surface area contributed by atoms with E-state index in [2.05, 4.69) is 0 Å². The maximum atomic E-state index is 12.4. The van der Waals surface area contributed by atoms with E-state index in [0.29, 0.717) is 30.7 Å². The summed E-state index contributed by atoms with van der Waals surface area (Å²) in [7, 11) is 0. The number of carbonyl (C=O) groups excluding carboxylic acids is 4. The van der Waals surface area contributed by atoms with Gasteiger partial charge in [0.15, 0.2) is 0 Å². The number of rotatable bonds is 8. The fourth-order valence-electron chi connectivity index (χ4n) is 2.58. The lowest BCUT2D eigenvalue weighted by atomic mass is 10.1. The van der Waals surface area contributed by atoms with Crippen molar-refractivity contribution >= 4 is 36.1 Å².